The van der Waals surface area contributed by atoms with Gasteiger partial charge in [0.15, 0.2) is 0 Å². The number of carbonyl (C=O) groups excluding carboxylic acids is 1. The number of carbonyl (C=O) groups is 1. The van der Waals surface area contributed by atoms with Crippen LogP contribution in [-0.2, 0) is 4.79 Å². The summed E-state index contributed by atoms with van der Waals surface area (Å²) in [5.41, 5.74) is 1.40. The quantitative estimate of drug-likeness (QED) is 0.521. The Balaban J connectivity index is 1.26. The molecule has 1 heterocycles. The number of nitriles is 1. The van der Waals surface area contributed by atoms with Crippen molar-refractivity contribution in [1.82, 2.24) is 0 Å². The standard InChI is InChI=1S/C28H40N2O/c1-27(2)12-10-21-19(15-27)5-7-23-22(21)11-13-28(3)24(23)8-9-25(28)26(31)14-20-6-4-18(16-29)17-30-20/h4,17,19-25H,5-15H2,1-3H3/t19-,20?,21+,22-,23-,24+,25-,28+/m1/s1. The summed E-state index contributed by atoms with van der Waals surface area (Å²) >= 11 is 0. The normalized spacial score (nSPS) is 45.6. The van der Waals surface area contributed by atoms with Crippen LogP contribution in [0, 0.1) is 57.7 Å². The predicted octanol–water partition coefficient (Wildman–Crippen LogP) is 6.53. The average Bonchev–Trinajstić information content (AvgIpc) is 3.10. The summed E-state index contributed by atoms with van der Waals surface area (Å²) in [6, 6.07) is 2.20. The second-order valence-electron chi connectivity index (χ2n) is 12.6. The SMILES string of the molecule is CC1(C)CC[C@H]2[C@H](CC[C@@H]3[C@@H]2CC[C@]2(C)[C@@H](C(=O)CC4CC=C(C#N)C=N4)CC[C@@H]32)C1. The number of hydrogen-bond donors (Lipinski definition) is 0. The number of fused-ring (bicyclic) bond motifs is 5. The van der Waals surface area contributed by atoms with Gasteiger partial charge in [-0.1, -0.05) is 26.8 Å². The lowest BCUT2D eigenvalue weighted by atomic mass is 9.48. The van der Waals surface area contributed by atoms with E-state index in [1.165, 1.54) is 51.4 Å². The fourth-order valence-corrected chi connectivity index (χ4v) is 8.98. The first kappa shape index (κ1) is 21.4. The van der Waals surface area contributed by atoms with E-state index in [2.05, 4.69) is 31.8 Å². The molecule has 0 aromatic rings. The van der Waals surface area contributed by atoms with E-state index in [1.807, 2.05) is 6.08 Å². The highest BCUT2D eigenvalue weighted by Gasteiger charge is 2.58. The van der Waals surface area contributed by atoms with Crippen LogP contribution in [0.25, 0.3) is 0 Å². The van der Waals surface area contributed by atoms with Crippen LogP contribution >= 0.6 is 0 Å². The number of allylic oxidation sites excluding steroid dienone is 1. The van der Waals surface area contributed by atoms with Gasteiger partial charge in [0, 0.05) is 18.6 Å². The predicted molar refractivity (Wildman–Crippen MR) is 125 cm³/mol. The van der Waals surface area contributed by atoms with Gasteiger partial charge in [0.05, 0.1) is 11.6 Å². The fraction of sp³-hybridized carbons (Fsp3) is 0.821. The zero-order chi connectivity index (χ0) is 21.8. The maximum Gasteiger partial charge on any atom is 0.138 e. The van der Waals surface area contributed by atoms with Crippen LogP contribution in [0.5, 0.6) is 0 Å². The Morgan fingerprint density at radius 3 is 2.61 bits per heavy atom. The Bertz CT molecular complexity index is 832. The minimum atomic E-state index is 0.0459. The Morgan fingerprint density at radius 1 is 1.06 bits per heavy atom. The Hall–Kier alpha value is -1.43. The monoisotopic (exact) mass is 420 g/mol. The fourth-order valence-electron chi connectivity index (χ4n) is 8.98. The van der Waals surface area contributed by atoms with Crippen molar-refractivity contribution in [3.05, 3.63) is 11.6 Å². The smallest absolute Gasteiger partial charge is 0.138 e. The van der Waals surface area contributed by atoms with Crippen LogP contribution in [-0.4, -0.2) is 18.0 Å². The van der Waals surface area contributed by atoms with Gasteiger partial charge in [0.1, 0.15) is 11.9 Å². The number of dihydropyridines is 1. The highest BCUT2D eigenvalue weighted by molar-refractivity contribution is 5.86. The minimum absolute atomic E-state index is 0.0459. The van der Waals surface area contributed by atoms with Crippen molar-refractivity contribution in [2.45, 2.75) is 97.4 Å². The van der Waals surface area contributed by atoms with Crippen LogP contribution in [0.2, 0.25) is 0 Å². The van der Waals surface area contributed by atoms with E-state index in [0.717, 1.165) is 42.4 Å². The molecule has 4 saturated carbocycles. The zero-order valence-electron chi connectivity index (χ0n) is 19.8. The summed E-state index contributed by atoms with van der Waals surface area (Å²) in [6.45, 7) is 7.43. The van der Waals surface area contributed by atoms with Gasteiger partial charge in [-0.3, -0.25) is 9.79 Å². The van der Waals surface area contributed by atoms with Gasteiger partial charge in [-0.2, -0.15) is 5.26 Å². The molecule has 168 valence electrons. The van der Waals surface area contributed by atoms with Crippen molar-refractivity contribution in [1.29, 1.82) is 5.26 Å². The molecule has 3 heteroatoms. The van der Waals surface area contributed by atoms with Gasteiger partial charge in [-0.05, 0) is 105 Å². The summed E-state index contributed by atoms with van der Waals surface area (Å²) in [5, 5.41) is 9.01. The Morgan fingerprint density at radius 2 is 1.87 bits per heavy atom. The number of aliphatic imine (C=N–C) groups is 1. The number of rotatable bonds is 3. The van der Waals surface area contributed by atoms with Gasteiger partial charge in [-0.15, -0.1) is 0 Å². The average molecular weight is 421 g/mol. The largest absolute Gasteiger partial charge is 0.299 e. The second-order valence-corrected chi connectivity index (χ2v) is 12.6. The molecule has 0 saturated heterocycles. The van der Waals surface area contributed by atoms with E-state index in [-0.39, 0.29) is 17.4 Å². The molecule has 0 radical (unpaired) electrons. The van der Waals surface area contributed by atoms with E-state index >= 15 is 0 Å². The molecular formula is C28H40N2O. The first-order valence-corrected chi connectivity index (χ1v) is 13.0. The Kier molecular flexibility index (Phi) is 5.43. The molecule has 4 aliphatic carbocycles. The lowest BCUT2D eigenvalue weighted by molar-refractivity contribution is -0.131. The van der Waals surface area contributed by atoms with Gasteiger partial charge in [0.25, 0.3) is 0 Å². The molecule has 0 spiro atoms. The van der Waals surface area contributed by atoms with Crippen molar-refractivity contribution < 1.29 is 4.79 Å². The molecule has 31 heavy (non-hydrogen) atoms. The molecule has 0 aromatic heterocycles. The van der Waals surface area contributed by atoms with Gasteiger partial charge in [0.2, 0.25) is 0 Å². The van der Waals surface area contributed by atoms with Crippen LogP contribution in [0.4, 0.5) is 0 Å². The van der Waals surface area contributed by atoms with Crippen LogP contribution in [0.1, 0.15) is 91.4 Å². The molecule has 5 rings (SSSR count). The van der Waals surface area contributed by atoms with Crippen molar-refractivity contribution in [2.24, 2.45) is 51.3 Å². The second kappa shape index (κ2) is 7.86. The topological polar surface area (TPSA) is 53.2 Å². The Labute approximate surface area is 188 Å². The summed E-state index contributed by atoms with van der Waals surface area (Å²) in [6.07, 6.45) is 17.0. The maximum atomic E-state index is 13.4. The summed E-state index contributed by atoms with van der Waals surface area (Å²) in [4.78, 5) is 17.9. The van der Waals surface area contributed by atoms with Gasteiger partial charge >= 0.3 is 0 Å². The molecule has 0 amide bonds. The van der Waals surface area contributed by atoms with Crippen molar-refractivity contribution in [2.75, 3.05) is 0 Å². The van der Waals surface area contributed by atoms with Crippen LogP contribution in [0.3, 0.4) is 0 Å². The third-order valence-corrected chi connectivity index (χ3v) is 10.5. The first-order chi connectivity index (χ1) is 14.8. The molecule has 8 atom stereocenters. The minimum Gasteiger partial charge on any atom is -0.299 e. The van der Waals surface area contributed by atoms with E-state index in [9.17, 15) is 4.79 Å². The highest BCUT2D eigenvalue weighted by atomic mass is 16.1. The number of hydrogen-bond acceptors (Lipinski definition) is 3. The van der Waals surface area contributed by atoms with E-state index in [1.54, 1.807) is 6.21 Å². The molecule has 1 unspecified atom stereocenters. The number of nitrogens with zero attached hydrogens (tertiary/aromatic N) is 2. The summed E-state index contributed by atoms with van der Waals surface area (Å²) in [5.74, 6) is 5.17. The lowest BCUT2D eigenvalue weighted by Crippen LogP contribution is -2.50. The molecule has 4 fully saturated rings. The third-order valence-electron chi connectivity index (χ3n) is 10.5. The van der Waals surface area contributed by atoms with Gasteiger partial charge in [-0.25, -0.2) is 0 Å². The number of ketones is 1. The third kappa shape index (κ3) is 3.73. The molecule has 0 aromatic carbocycles. The van der Waals surface area contributed by atoms with Crippen molar-refractivity contribution in [3.8, 4) is 6.07 Å². The van der Waals surface area contributed by atoms with Crippen LogP contribution < -0.4 is 0 Å². The molecule has 0 bridgehead atoms. The van der Waals surface area contributed by atoms with E-state index in [0.29, 0.717) is 23.2 Å². The molecule has 5 aliphatic rings. The summed E-state index contributed by atoms with van der Waals surface area (Å²) < 4.78 is 0. The lowest BCUT2D eigenvalue weighted by Gasteiger charge is -2.57. The van der Waals surface area contributed by atoms with Gasteiger partial charge < -0.3 is 0 Å². The van der Waals surface area contributed by atoms with E-state index < -0.39 is 0 Å². The zero-order valence-corrected chi connectivity index (χ0v) is 19.8. The van der Waals surface area contributed by atoms with E-state index in [4.69, 9.17) is 5.26 Å². The maximum absolute atomic E-state index is 13.4. The molecule has 1 aliphatic heterocycles. The first-order valence-electron chi connectivity index (χ1n) is 13.0. The van der Waals surface area contributed by atoms with Crippen molar-refractivity contribution >= 4 is 12.0 Å². The highest BCUT2D eigenvalue weighted by Crippen LogP contribution is 2.65. The summed E-state index contributed by atoms with van der Waals surface area (Å²) in [7, 11) is 0. The molecular weight excluding hydrogens is 380 g/mol. The number of Topliss-reactive ketones (excluding diaryl/α,β-unsaturated/α-hetero) is 1. The molecule has 0 N–H and O–H groups in total. The molecule has 3 nitrogen and oxygen atoms in total. The van der Waals surface area contributed by atoms with Crippen molar-refractivity contribution in [3.63, 3.8) is 0 Å². The van der Waals surface area contributed by atoms with Crippen LogP contribution in [0.15, 0.2) is 16.6 Å².